The van der Waals surface area contributed by atoms with Crippen LogP contribution in [0.1, 0.15) is 12.7 Å². The fraction of sp³-hybridized carbons (Fsp3) is 0.368. The lowest BCUT2D eigenvalue weighted by molar-refractivity contribution is 0.270. The fourth-order valence-corrected chi connectivity index (χ4v) is 3.96. The molecule has 0 aliphatic carbocycles. The Hall–Kier alpha value is -2.72. The average molecular weight is 456 g/mol. The van der Waals surface area contributed by atoms with Gasteiger partial charge in [0.05, 0.1) is 28.2 Å². The number of piperazine rings is 1. The standard InChI is InChI=1S/C19H22BrN9/c1-2-27-7-9-28(10-8-27)19-25-17-13(20)11-22-29(17)18(26-19)21-12-16-23-14-5-3-4-6-15(14)24-16/h3-6,11H,2,7-10,12H2,1H3,(H,23,24)(H,21,25,26). The lowest BCUT2D eigenvalue weighted by atomic mass is 10.3. The van der Waals surface area contributed by atoms with Crippen molar-refractivity contribution >= 4 is 44.5 Å². The van der Waals surface area contributed by atoms with E-state index in [2.05, 4.69) is 53.0 Å². The minimum absolute atomic E-state index is 0.515. The van der Waals surface area contributed by atoms with Crippen LogP contribution in [0.3, 0.4) is 0 Å². The molecular weight excluding hydrogens is 434 g/mol. The summed E-state index contributed by atoms with van der Waals surface area (Å²) >= 11 is 3.55. The number of fused-ring (bicyclic) bond motifs is 2. The quantitative estimate of drug-likeness (QED) is 0.477. The first-order valence-electron chi connectivity index (χ1n) is 9.77. The topological polar surface area (TPSA) is 90.3 Å². The maximum absolute atomic E-state index is 4.78. The van der Waals surface area contributed by atoms with Gasteiger partial charge < -0.3 is 20.1 Å². The third kappa shape index (κ3) is 3.53. The summed E-state index contributed by atoms with van der Waals surface area (Å²) in [5.74, 6) is 2.22. The Balaban J connectivity index is 1.43. The van der Waals surface area contributed by atoms with Gasteiger partial charge in [-0.25, -0.2) is 4.98 Å². The molecule has 9 nitrogen and oxygen atoms in total. The number of nitrogens with zero attached hydrogens (tertiary/aromatic N) is 7. The predicted octanol–water partition coefficient (Wildman–Crippen LogP) is 2.52. The van der Waals surface area contributed by atoms with Crippen LogP contribution in [0, 0.1) is 0 Å². The number of aromatic nitrogens is 6. The largest absolute Gasteiger partial charge is 0.347 e. The van der Waals surface area contributed by atoms with Gasteiger partial charge in [-0.1, -0.05) is 19.1 Å². The number of hydrogen-bond donors (Lipinski definition) is 2. The molecule has 3 aromatic heterocycles. The molecule has 0 amide bonds. The molecular formula is C19H22BrN9. The Morgan fingerprint density at radius 3 is 2.72 bits per heavy atom. The van der Waals surface area contributed by atoms with Gasteiger partial charge in [0.2, 0.25) is 11.9 Å². The molecule has 0 bridgehead atoms. The fourth-order valence-electron chi connectivity index (χ4n) is 3.61. The van der Waals surface area contributed by atoms with E-state index in [1.54, 1.807) is 10.7 Å². The van der Waals surface area contributed by atoms with Gasteiger partial charge in [0.15, 0.2) is 5.65 Å². The van der Waals surface area contributed by atoms with Gasteiger partial charge in [-0.15, -0.1) is 0 Å². The number of H-pyrrole nitrogens is 1. The Morgan fingerprint density at radius 1 is 1.10 bits per heavy atom. The van der Waals surface area contributed by atoms with Crippen LogP contribution >= 0.6 is 15.9 Å². The van der Waals surface area contributed by atoms with Gasteiger partial charge in [0, 0.05) is 26.2 Å². The van der Waals surface area contributed by atoms with E-state index in [1.807, 2.05) is 24.3 Å². The van der Waals surface area contributed by atoms with Crippen molar-refractivity contribution in [2.75, 3.05) is 42.9 Å². The summed E-state index contributed by atoms with van der Waals surface area (Å²) in [7, 11) is 0. The Kier molecular flexibility index (Phi) is 4.80. The smallest absolute Gasteiger partial charge is 0.230 e. The van der Waals surface area contributed by atoms with E-state index in [1.165, 1.54) is 0 Å². The molecule has 1 aliphatic heterocycles. The van der Waals surface area contributed by atoms with Gasteiger partial charge in [0.1, 0.15) is 5.82 Å². The molecule has 1 aromatic carbocycles. The van der Waals surface area contributed by atoms with Crippen molar-refractivity contribution in [1.29, 1.82) is 0 Å². The summed E-state index contributed by atoms with van der Waals surface area (Å²) in [6.07, 6.45) is 1.75. The van der Waals surface area contributed by atoms with Crippen LogP contribution in [-0.2, 0) is 6.54 Å². The highest BCUT2D eigenvalue weighted by Gasteiger charge is 2.21. The normalized spacial score (nSPS) is 15.4. The zero-order valence-corrected chi connectivity index (χ0v) is 17.7. The Labute approximate surface area is 176 Å². The summed E-state index contributed by atoms with van der Waals surface area (Å²) in [5.41, 5.74) is 2.72. The van der Waals surface area contributed by atoms with Gasteiger partial charge in [0.25, 0.3) is 0 Å². The molecule has 10 heteroatoms. The molecule has 0 unspecified atom stereocenters. The molecule has 150 valence electrons. The number of hydrogen-bond acceptors (Lipinski definition) is 7. The maximum Gasteiger partial charge on any atom is 0.230 e. The number of anilines is 2. The molecule has 29 heavy (non-hydrogen) atoms. The number of imidazole rings is 1. The zero-order valence-electron chi connectivity index (χ0n) is 16.1. The van der Waals surface area contributed by atoms with E-state index in [0.717, 1.165) is 65.6 Å². The maximum atomic E-state index is 4.78. The van der Waals surface area contributed by atoms with E-state index in [4.69, 9.17) is 9.97 Å². The van der Waals surface area contributed by atoms with Crippen LogP contribution in [0.5, 0.6) is 0 Å². The van der Waals surface area contributed by atoms with Gasteiger partial charge in [-0.05, 0) is 34.6 Å². The van der Waals surface area contributed by atoms with Crippen molar-refractivity contribution in [3.05, 3.63) is 40.8 Å². The average Bonchev–Trinajstić information content (AvgIpc) is 3.35. The number of nitrogens with one attached hydrogen (secondary N) is 2. The van der Waals surface area contributed by atoms with Crippen LogP contribution in [-0.4, -0.2) is 67.2 Å². The first-order chi connectivity index (χ1) is 14.2. The SMILES string of the molecule is CCN1CCN(c2nc(NCc3nc4ccccc4[nH]3)n3ncc(Br)c3n2)CC1. The van der Waals surface area contributed by atoms with E-state index >= 15 is 0 Å². The number of rotatable bonds is 5. The van der Waals surface area contributed by atoms with E-state index < -0.39 is 0 Å². The molecule has 5 rings (SSSR count). The second-order valence-corrected chi connectivity index (χ2v) is 7.90. The van der Waals surface area contributed by atoms with Crippen LogP contribution in [0.15, 0.2) is 34.9 Å². The van der Waals surface area contributed by atoms with Crippen molar-refractivity contribution in [3.8, 4) is 0 Å². The van der Waals surface area contributed by atoms with Gasteiger partial charge >= 0.3 is 0 Å². The zero-order chi connectivity index (χ0) is 19.8. The molecule has 0 saturated carbocycles. The van der Waals surface area contributed by atoms with E-state index in [9.17, 15) is 0 Å². The summed E-state index contributed by atoms with van der Waals surface area (Å²) in [5, 5.41) is 7.79. The van der Waals surface area contributed by atoms with E-state index in [0.29, 0.717) is 12.5 Å². The highest BCUT2D eigenvalue weighted by molar-refractivity contribution is 9.10. The van der Waals surface area contributed by atoms with Gasteiger partial charge in [-0.3, -0.25) is 0 Å². The highest BCUT2D eigenvalue weighted by Crippen LogP contribution is 2.22. The van der Waals surface area contributed by atoms with Crippen molar-refractivity contribution in [3.63, 3.8) is 0 Å². The predicted molar refractivity (Wildman–Crippen MR) is 116 cm³/mol. The van der Waals surface area contributed by atoms with E-state index in [-0.39, 0.29) is 0 Å². The lowest BCUT2D eigenvalue weighted by Crippen LogP contribution is -2.46. The molecule has 1 saturated heterocycles. The second-order valence-electron chi connectivity index (χ2n) is 7.05. The monoisotopic (exact) mass is 455 g/mol. The highest BCUT2D eigenvalue weighted by atomic mass is 79.9. The molecule has 4 aromatic rings. The molecule has 4 heterocycles. The summed E-state index contributed by atoms with van der Waals surface area (Å²) in [6, 6.07) is 8.00. The third-order valence-electron chi connectivity index (χ3n) is 5.27. The Bertz CT molecular complexity index is 1110. The Morgan fingerprint density at radius 2 is 1.93 bits per heavy atom. The van der Waals surface area contributed by atoms with Crippen molar-refractivity contribution in [2.45, 2.75) is 13.5 Å². The summed E-state index contributed by atoms with van der Waals surface area (Å²) < 4.78 is 2.57. The number of benzene rings is 1. The number of para-hydroxylation sites is 2. The van der Waals surface area contributed by atoms with Gasteiger partial charge in [-0.2, -0.15) is 19.6 Å². The molecule has 0 spiro atoms. The van der Waals surface area contributed by atoms with Crippen molar-refractivity contribution in [2.24, 2.45) is 0 Å². The van der Waals surface area contributed by atoms with Crippen LogP contribution < -0.4 is 10.2 Å². The first-order valence-corrected chi connectivity index (χ1v) is 10.6. The minimum atomic E-state index is 0.515. The molecule has 0 radical (unpaired) electrons. The lowest BCUT2D eigenvalue weighted by Gasteiger charge is -2.34. The first kappa shape index (κ1) is 18.3. The number of aromatic amines is 1. The van der Waals surface area contributed by atoms with Crippen LogP contribution in [0.4, 0.5) is 11.9 Å². The third-order valence-corrected chi connectivity index (χ3v) is 5.83. The van der Waals surface area contributed by atoms with Crippen molar-refractivity contribution < 1.29 is 0 Å². The summed E-state index contributed by atoms with van der Waals surface area (Å²) in [6.45, 7) is 7.66. The minimum Gasteiger partial charge on any atom is -0.347 e. The molecule has 2 N–H and O–H groups in total. The van der Waals surface area contributed by atoms with Crippen LogP contribution in [0.25, 0.3) is 16.7 Å². The molecule has 1 aliphatic rings. The summed E-state index contributed by atoms with van der Waals surface area (Å²) in [4.78, 5) is 22.2. The van der Waals surface area contributed by atoms with Crippen LogP contribution in [0.2, 0.25) is 0 Å². The number of halogens is 1. The number of likely N-dealkylation sites (N-methyl/N-ethyl adjacent to an activating group) is 1. The molecule has 0 atom stereocenters. The second kappa shape index (κ2) is 7.60. The molecule has 1 fully saturated rings. The van der Waals surface area contributed by atoms with Crippen molar-refractivity contribution in [1.82, 2.24) is 34.4 Å².